The zero-order chi connectivity index (χ0) is 23.6. The molecule has 0 N–H and O–H groups in total. The molecule has 7 heteroatoms. The average Bonchev–Trinajstić information content (AvgIpc) is 2.67. The summed E-state index contributed by atoms with van der Waals surface area (Å²) in [4.78, 5) is 8.56. The Morgan fingerprint density at radius 1 is 1.00 bits per heavy atom. The lowest BCUT2D eigenvalue weighted by Gasteiger charge is -2.38. The van der Waals surface area contributed by atoms with Crippen molar-refractivity contribution < 1.29 is 8.42 Å². The Morgan fingerprint density at radius 2 is 1.58 bits per heavy atom. The summed E-state index contributed by atoms with van der Waals surface area (Å²) < 4.78 is 24.6. The Morgan fingerprint density at radius 3 is 2.06 bits per heavy atom. The third-order valence-corrected chi connectivity index (χ3v) is 13.2. The van der Waals surface area contributed by atoms with Gasteiger partial charge in [0.25, 0.3) is 0 Å². The predicted octanol–water partition coefficient (Wildman–Crippen LogP) is 5.30. The molecule has 0 fully saturated rings. The normalized spacial score (nSPS) is 12.1. The van der Waals surface area contributed by atoms with Gasteiger partial charge < -0.3 is 0 Å². The van der Waals surface area contributed by atoms with Gasteiger partial charge in [-0.3, -0.25) is 0 Å². The van der Waals surface area contributed by atoms with Gasteiger partial charge in [-0.05, 0) is 41.2 Å². The summed E-state index contributed by atoms with van der Waals surface area (Å²) in [5, 5.41) is 9.11. The third kappa shape index (κ3) is 5.06. The molecule has 164 valence electrons. The summed E-state index contributed by atoms with van der Waals surface area (Å²) in [5.74, 6) is 3.23. The number of rotatable bonds is 5. The topological polar surface area (TPSA) is 83.7 Å². The fourth-order valence-electron chi connectivity index (χ4n) is 4.43. The summed E-state index contributed by atoms with van der Waals surface area (Å²) >= 11 is 0. The molecule has 1 heterocycles. The van der Waals surface area contributed by atoms with E-state index in [9.17, 15) is 13.7 Å². The van der Waals surface area contributed by atoms with Gasteiger partial charge >= 0.3 is 0 Å². The number of nitriles is 1. The first kappa shape index (κ1) is 24.8. The van der Waals surface area contributed by atoms with Crippen LogP contribution in [0.15, 0.2) is 29.4 Å². The van der Waals surface area contributed by atoms with Crippen LogP contribution in [-0.2, 0) is 9.84 Å². The van der Waals surface area contributed by atoms with Crippen molar-refractivity contribution >= 4 is 17.9 Å². The van der Waals surface area contributed by atoms with Crippen molar-refractivity contribution in [2.45, 2.75) is 70.2 Å². The van der Waals surface area contributed by atoms with Crippen LogP contribution in [0, 0.1) is 29.7 Å². The molecule has 0 aliphatic heterocycles. The maximum absolute atomic E-state index is 12.3. The molecule has 0 saturated carbocycles. The van der Waals surface area contributed by atoms with Crippen molar-refractivity contribution in [3.8, 4) is 28.8 Å². The molecule has 0 saturated heterocycles. The number of nitrogens with zero attached hydrogens (tertiary/aromatic N) is 3. The van der Waals surface area contributed by atoms with Crippen LogP contribution >= 0.6 is 0 Å². The van der Waals surface area contributed by atoms with Crippen molar-refractivity contribution in [1.82, 2.24) is 9.97 Å². The molecule has 31 heavy (non-hydrogen) atoms. The first-order valence-corrected chi connectivity index (χ1v) is 14.6. The molecule has 1 aromatic heterocycles. The number of aromatic nitrogens is 2. The van der Waals surface area contributed by atoms with Gasteiger partial charge in [-0.25, -0.2) is 18.4 Å². The van der Waals surface area contributed by atoms with Gasteiger partial charge in [-0.15, -0.1) is 5.54 Å². The number of hydrogen-bond donors (Lipinski definition) is 0. The molecule has 0 amide bonds. The maximum atomic E-state index is 12.3. The molecule has 0 bridgehead atoms. The molecule has 0 atom stereocenters. The van der Waals surface area contributed by atoms with Crippen molar-refractivity contribution in [2.24, 2.45) is 0 Å². The molecule has 2 aromatic rings. The molecule has 0 aliphatic rings. The molecule has 0 aliphatic carbocycles. The second kappa shape index (κ2) is 9.34. The molecule has 2 rings (SSSR count). The van der Waals surface area contributed by atoms with E-state index in [1.165, 1.54) is 0 Å². The molecular formula is C24H31N3O2SSi. The highest BCUT2D eigenvalue weighted by molar-refractivity contribution is 7.90. The minimum atomic E-state index is -3.63. The maximum Gasteiger partial charge on any atom is 0.248 e. The SMILES string of the molecule is Cc1c(C#N)cccc1-c1cc(C#C[Si](C(C)C)(C(C)C)C(C)C)nc(S(C)(=O)=O)n1. The van der Waals surface area contributed by atoms with E-state index in [0.717, 1.165) is 11.8 Å². The van der Waals surface area contributed by atoms with Gasteiger partial charge in [-0.2, -0.15) is 5.26 Å². The zero-order valence-electron chi connectivity index (χ0n) is 19.6. The predicted molar refractivity (Wildman–Crippen MR) is 128 cm³/mol. The highest BCUT2D eigenvalue weighted by atomic mass is 32.2. The van der Waals surface area contributed by atoms with Gasteiger partial charge in [0.2, 0.25) is 15.0 Å². The minimum absolute atomic E-state index is 0.248. The van der Waals surface area contributed by atoms with Crippen molar-refractivity contribution in [1.29, 1.82) is 5.26 Å². The van der Waals surface area contributed by atoms with Crippen LogP contribution in [0.1, 0.15) is 58.4 Å². The zero-order valence-corrected chi connectivity index (χ0v) is 21.4. The van der Waals surface area contributed by atoms with E-state index in [0.29, 0.717) is 39.1 Å². The van der Waals surface area contributed by atoms with Crippen LogP contribution in [-0.4, -0.2) is 32.7 Å². The first-order chi connectivity index (χ1) is 14.3. The van der Waals surface area contributed by atoms with Crippen molar-refractivity contribution in [2.75, 3.05) is 6.26 Å². The highest BCUT2D eigenvalue weighted by Gasteiger charge is 2.41. The molecular weight excluding hydrogens is 422 g/mol. The molecule has 0 spiro atoms. The summed E-state index contributed by atoms with van der Waals surface area (Å²) in [7, 11) is -5.64. The monoisotopic (exact) mass is 453 g/mol. The number of benzene rings is 1. The smallest absolute Gasteiger partial charge is 0.221 e. The Hall–Kier alpha value is -2.48. The van der Waals surface area contributed by atoms with E-state index < -0.39 is 17.9 Å². The average molecular weight is 454 g/mol. The highest BCUT2D eigenvalue weighted by Crippen LogP contribution is 2.40. The lowest BCUT2D eigenvalue weighted by molar-refractivity contribution is 0.593. The Bertz CT molecular complexity index is 1160. The van der Waals surface area contributed by atoms with Gasteiger partial charge in [0.15, 0.2) is 0 Å². The largest absolute Gasteiger partial charge is 0.248 e. The Kier molecular flexibility index (Phi) is 7.47. The fraction of sp³-hybridized carbons (Fsp3) is 0.458. The van der Waals surface area contributed by atoms with E-state index in [-0.39, 0.29) is 5.16 Å². The minimum Gasteiger partial charge on any atom is -0.221 e. The van der Waals surface area contributed by atoms with Crippen LogP contribution in [0.5, 0.6) is 0 Å². The standard InChI is InChI=1S/C24H31N3O2SSi/c1-16(2)31(17(3)4,18(5)6)13-12-21-14-23(27-24(26-21)30(8,28)29)22-11-9-10-20(15-25)19(22)7/h9-11,14,16-18H,1-8H3. The van der Waals surface area contributed by atoms with Gasteiger partial charge in [0.1, 0.15) is 13.8 Å². The van der Waals surface area contributed by atoms with E-state index in [1.54, 1.807) is 18.2 Å². The van der Waals surface area contributed by atoms with Crippen LogP contribution in [0.4, 0.5) is 0 Å². The summed E-state index contributed by atoms with van der Waals surface area (Å²) in [6.45, 7) is 15.2. The third-order valence-electron chi connectivity index (χ3n) is 6.04. The quantitative estimate of drug-likeness (QED) is 0.349. The van der Waals surface area contributed by atoms with Gasteiger partial charge in [0, 0.05) is 11.8 Å². The molecule has 0 radical (unpaired) electrons. The molecule has 5 nitrogen and oxygen atoms in total. The summed E-state index contributed by atoms with van der Waals surface area (Å²) in [6, 6.07) is 9.22. The Balaban J connectivity index is 2.79. The van der Waals surface area contributed by atoms with Crippen LogP contribution < -0.4 is 0 Å². The Labute approximate surface area is 187 Å². The first-order valence-electron chi connectivity index (χ1n) is 10.5. The second-order valence-electron chi connectivity index (χ2n) is 8.93. The van der Waals surface area contributed by atoms with E-state index in [2.05, 4.69) is 69.0 Å². The number of sulfone groups is 1. The van der Waals surface area contributed by atoms with Crippen molar-refractivity contribution in [3.63, 3.8) is 0 Å². The van der Waals surface area contributed by atoms with E-state index in [4.69, 9.17) is 0 Å². The van der Waals surface area contributed by atoms with Crippen LogP contribution in [0.3, 0.4) is 0 Å². The lowest BCUT2D eigenvalue weighted by atomic mass is 10.0. The van der Waals surface area contributed by atoms with E-state index in [1.807, 2.05) is 13.0 Å². The lowest BCUT2D eigenvalue weighted by Crippen LogP contribution is -2.43. The molecule has 0 unspecified atom stereocenters. The number of hydrogen-bond acceptors (Lipinski definition) is 5. The summed E-state index contributed by atoms with van der Waals surface area (Å²) in [6.07, 6.45) is 1.09. The second-order valence-corrected chi connectivity index (χ2v) is 16.4. The summed E-state index contributed by atoms with van der Waals surface area (Å²) in [5.41, 5.74) is 7.77. The van der Waals surface area contributed by atoms with Gasteiger partial charge in [-0.1, -0.05) is 59.6 Å². The van der Waals surface area contributed by atoms with Crippen LogP contribution in [0.2, 0.25) is 16.6 Å². The fourth-order valence-corrected chi connectivity index (χ4v) is 10.2. The molecule has 1 aromatic carbocycles. The van der Waals surface area contributed by atoms with Gasteiger partial charge in [0.05, 0.1) is 17.3 Å². The van der Waals surface area contributed by atoms with Crippen molar-refractivity contribution in [3.05, 3.63) is 41.1 Å². The van der Waals surface area contributed by atoms with Crippen LogP contribution in [0.25, 0.3) is 11.3 Å². The van der Waals surface area contributed by atoms with E-state index >= 15 is 0 Å².